The van der Waals surface area contributed by atoms with Gasteiger partial charge >= 0.3 is 5.97 Å². The molecule has 0 aliphatic carbocycles. The highest BCUT2D eigenvalue weighted by atomic mass is 16.5. The summed E-state index contributed by atoms with van der Waals surface area (Å²) in [5.41, 5.74) is 1.14. The summed E-state index contributed by atoms with van der Waals surface area (Å²) < 4.78 is 12.0. The van der Waals surface area contributed by atoms with Crippen LogP contribution in [-0.4, -0.2) is 28.8 Å². The van der Waals surface area contributed by atoms with E-state index in [1.807, 2.05) is 6.92 Å². The lowest BCUT2D eigenvalue weighted by Gasteiger charge is -2.04. The van der Waals surface area contributed by atoms with Crippen molar-refractivity contribution in [1.29, 1.82) is 0 Å². The molecule has 0 N–H and O–H groups in total. The van der Waals surface area contributed by atoms with Gasteiger partial charge in [0, 0.05) is 12.3 Å². The van der Waals surface area contributed by atoms with Crippen LogP contribution in [0.4, 0.5) is 0 Å². The van der Waals surface area contributed by atoms with Crippen LogP contribution in [0.1, 0.15) is 24.2 Å². The van der Waals surface area contributed by atoms with Gasteiger partial charge in [-0.3, -0.25) is 0 Å². The van der Waals surface area contributed by atoms with Crippen LogP contribution in [0.3, 0.4) is 0 Å². The first-order valence-electron chi connectivity index (χ1n) is 5.53. The van der Waals surface area contributed by atoms with Gasteiger partial charge in [0.15, 0.2) is 0 Å². The van der Waals surface area contributed by atoms with Crippen molar-refractivity contribution in [3.63, 3.8) is 0 Å². The van der Waals surface area contributed by atoms with Crippen LogP contribution in [0.25, 0.3) is 5.52 Å². The minimum absolute atomic E-state index is 0.349. The Morgan fingerprint density at radius 1 is 1.41 bits per heavy atom. The minimum Gasteiger partial charge on any atom is -0.494 e. The minimum atomic E-state index is -0.365. The predicted molar refractivity (Wildman–Crippen MR) is 62.3 cm³/mol. The Morgan fingerprint density at radius 3 is 2.94 bits per heavy atom. The van der Waals surface area contributed by atoms with Crippen LogP contribution in [0.15, 0.2) is 24.5 Å². The van der Waals surface area contributed by atoms with Crippen LogP contribution >= 0.6 is 0 Å². The fourth-order valence-electron chi connectivity index (χ4n) is 1.58. The molecule has 0 fully saturated rings. The van der Waals surface area contributed by atoms with Crippen LogP contribution < -0.4 is 4.74 Å². The highest BCUT2D eigenvalue weighted by molar-refractivity contribution is 5.96. The third-order valence-electron chi connectivity index (χ3n) is 2.30. The Morgan fingerprint density at radius 2 is 2.24 bits per heavy atom. The van der Waals surface area contributed by atoms with Crippen molar-refractivity contribution in [2.24, 2.45) is 0 Å². The second kappa shape index (κ2) is 4.86. The Hall–Kier alpha value is -2.04. The van der Waals surface area contributed by atoms with E-state index in [0.29, 0.717) is 30.0 Å². The summed E-state index contributed by atoms with van der Waals surface area (Å²) in [5, 5.41) is 4.08. The van der Waals surface area contributed by atoms with E-state index in [-0.39, 0.29) is 5.97 Å². The third kappa shape index (κ3) is 2.22. The maximum atomic E-state index is 11.7. The monoisotopic (exact) mass is 234 g/mol. The number of pyridine rings is 1. The molecule has 0 aliphatic heterocycles. The summed E-state index contributed by atoms with van der Waals surface area (Å²) in [7, 11) is 0. The van der Waals surface area contributed by atoms with Gasteiger partial charge in [0.2, 0.25) is 0 Å². The molecule has 2 aromatic rings. The largest absolute Gasteiger partial charge is 0.494 e. The SMILES string of the molecule is CCOC(=O)c1cnn2ccc(OCC)cc12. The number of rotatable bonds is 4. The van der Waals surface area contributed by atoms with Crippen LogP contribution in [0, 0.1) is 0 Å². The van der Waals surface area contributed by atoms with E-state index in [9.17, 15) is 4.79 Å². The molecular formula is C12H14N2O3. The van der Waals surface area contributed by atoms with E-state index in [4.69, 9.17) is 9.47 Å². The van der Waals surface area contributed by atoms with Gasteiger partial charge < -0.3 is 9.47 Å². The molecule has 0 spiro atoms. The number of hydrogen-bond donors (Lipinski definition) is 0. The molecule has 5 nitrogen and oxygen atoms in total. The van der Waals surface area contributed by atoms with Crippen LogP contribution in [0.5, 0.6) is 5.75 Å². The van der Waals surface area contributed by atoms with E-state index < -0.39 is 0 Å². The zero-order valence-corrected chi connectivity index (χ0v) is 9.84. The summed E-state index contributed by atoms with van der Waals surface area (Å²) >= 11 is 0. The van der Waals surface area contributed by atoms with E-state index in [1.54, 1.807) is 29.8 Å². The van der Waals surface area contributed by atoms with E-state index >= 15 is 0 Å². The van der Waals surface area contributed by atoms with Crippen molar-refractivity contribution in [2.75, 3.05) is 13.2 Å². The fraction of sp³-hybridized carbons (Fsp3) is 0.333. The number of aromatic nitrogens is 2. The van der Waals surface area contributed by atoms with Crippen LogP contribution in [-0.2, 0) is 4.74 Å². The maximum absolute atomic E-state index is 11.7. The van der Waals surface area contributed by atoms with Crippen molar-refractivity contribution in [1.82, 2.24) is 9.61 Å². The van der Waals surface area contributed by atoms with Crippen molar-refractivity contribution >= 4 is 11.5 Å². The number of carbonyl (C=O) groups excluding carboxylic acids is 1. The summed E-state index contributed by atoms with van der Waals surface area (Å²) in [6, 6.07) is 3.58. The molecule has 0 radical (unpaired) electrons. The number of ether oxygens (including phenoxy) is 2. The molecule has 0 bridgehead atoms. The Labute approximate surface area is 99.0 Å². The zero-order chi connectivity index (χ0) is 12.3. The molecule has 0 aliphatic rings. The van der Waals surface area contributed by atoms with Crippen molar-refractivity contribution in [2.45, 2.75) is 13.8 Å². The molecule has 0 saturated heterocycles. The number of carbonyl (C=O) groups is 1. The smallest absolute Gasteiger partial charge is 0.341 e. The molecule has 17 heavy (non-hydrogen) atoms. The first kappa shape index (κ1) is 11.4. The van der Waals surface area contributed by atoms with E-state index in [1.165, 1.54) is 6.20 Å². The summed E-state index contributed by atoms with van der Waals surface area (Å²) in [4.78, 5) is 11.7. The first-order valence-corrected chi connectivity index (χ1v) is 5.53. The summed E-state index contributed by atoms with van der Waals surface area (Å²) in [6.07, 6.45) is 3.26. The second-order valence-corrected chi connectivity index (χ2v) is 3.40. The molecule has 5 heteroatoms. The molecule has 0 atom stereocenters. The number of nitrogens with zero attached hydrogens (tertiary/aromatic N) is 2. The molecule has 2 aromatic heterocycles. The van der Waals surface area contributed by atoms with Gasteiger partial charge in [-0.15, -0.1) is 0 Å². The van der Waals surface area contributed by atoms with E-state index in [0.717, 1.165) is 0 Å². The molecule has 90 valence electrons. The highest BCUT2D eigenvalue weighted by Gasteiger charge is 2.14. The Bertz CT molecular complexity index is 534. The topological polar surface area (TPSA) is 52.8 Å². The maximum Gasteiger partial charge on any atom is 0.341 e. The molecule has 0 saturated carbocycles. The fourth-order valence-corrected chi connectivity index (χ4v) is 1.58. The van der Waals surface area contributed by atoms with Gasteiger partial charge in [0.1, 0.15) is 11.3 Å². The lowest BCUT2D eigenvalue weighted by atomic mass is 10.2. The summed E-state index contributed by atoms with van der Waals surface area (Å²) in [6.45, 7) is 4.61. The standard InChI is InChI=1S/C12H14N2O3/c1-3-16-9-5-6-14-11(7-9)10(8-13-14)12(15)17-4-2/h5-8H,3-4H2,1-2H3. The van der Waals surface area contributed by atoms with Crippen LogP contribution in [0.2, 0.25) is 0 Å². The van der Waals surface area contributed by atoms with Crippen molar-refractivity contribution in [3.8, 4) is 5.75 Å². The van der Waals surface area contributed by atoms with Crippen molar-refractivity contribution < 1.29 is 14.3 Å². The predicted octanol–water partition coefficient (Wildman–Crippen LogP) is 1.91. The average molecular weight is 234 g/mol. The molecule has 0 amide bonds. The van der Waals surface area contributed by atoms with Gasteiger partial charge in [-0.1, -0.05) is 0 Å². The van der Waals surface area contributed by atoms with Crippen molar-refractivity contribution in [3.05, 3.63) is 30.1 Å². The Kier molecular flexibility index (Phi) is 3.27. The Balaban J connectivity index is 2.42. The van der Waals surface area contributed by atoms with Gasteiger partial charge in [0.25, 0.3) is 0 Å². The molecule has 2 rings (SSSR count). The van der Waals surface area contributed by atoms with Gasteiger partial charge in [-0.05, 0) is 19.9 Å². The second-order valence-electron chi connectivity index (χ2n) is 3.40. The zero-order valence-electron chi connectivity index (χ0n) is 9.84. The molecule has 0 aromatic carbocycles. The normalized spacial score (nSPS) is 10.5. The number of esters is 1. The summed E-state index contributed by atoms with van der Waals surface area (Å²) in [5.74, 6) is 0.349. The first-order chi connectivity index (χ1) is 8.26. The lowest BCUT2D eigenvalue weighted by molar-refractivity contribution is 0.0528. The number of hydrogen-bond acceptors (Lipinski definition) is 4. The van der Waals surface area contributed by atoms with Gasteiger partial charge in [-0.25, -0.2) is 9.31 Å². The van der Waals surface area contributed by atoms with Gasteiger partial charge in [0.05, 0.1) is 24.9 Å². The quantitative estimate of drug-likeness (QED) is 0.758. The number of fused-ring (bicyclic) bond motifs is 1. The molecular weight excluding hydrogens is 220 g/mol. The van der Waals surface area contributed by atoms with E-state index in [2.05, 4.69) is 5.10 Å². The van der Waals surface area contributed by atoms with Gasteiger partial charge in [-0.2, -0.15) is 5.10 Å². The molecule has 0 unspecified atom stereocenters. The average Bonchev–Trinajstić information content (AvgIpc) is 2.73. The third-order valence-corrected chi connectivity index (χ3v) is 2.30. The highest BCUT2D eigenvalue weighted by Crippen LogP contribution is 2.18. The lowest BCUT2D eigenvalue weighted by Crippen LogP contribution is -2.04. The molecule has 2 heterocycles.